The van der Waals surface area contributed by atoms with Crippen molar-refractivity contribution in [2.24, 2.45) is 0 Å². The summed E-state index contributed by atoms with van der Waals surface area (Å²) in [6.07, 6.45) is 2.94. The van der Waals surface area contributed by atoms with Gasteiger partial charge in [0.1, 0.15) is 5.82 Å². The van der Waals surface area contributed by atoms with E-state index in [9.17, 15) is 9.18 Å². The van der Waals surface area contributed by atoms with Crippen LogP contribution in [0.25, 0.3) is 11.4 Å². The predicted octanol–water partition coefficient (Wildman–Crippen LogP) is 4.48. The van der Waals surface area contributed by atoms with E-state index in [-0.39, 0.29) is 23.0 Å². The molecule has 1 aliphatic carbocycles. The molecule has 1 fully saturated rings. The van der Waals surface area contributed by atoms with Gasteiger partial charge in [-0.3, -0.25) is 9.36 Å². The molecule has 7 heteroatoms. The third-order valence-corrected chi connectivity index (χ3v) is 6.81. The number of carbonyl (C=O) groups is 1. The summed E-state index contributed by atoms with van der Waals surface area (Å²) < 4.78 is 16.4. The molecule has 2 heterocycles. The Kier molecular flexibility index (Phi) is 5.06. The van der Waals surface area contributed by atoms with Crippen molar-refractivity contribution >= 4 is 17.7 Å². The number of hydrogen-bond donors (Lipinski definition) is 0. The van der Waals surface area contributed by atoms with Gasteiger partial charge in [0.25, 0.3) is 0 Å². The smallest absolute Gasteiger partial charge is 0.236 e. The van der Waals surface area contributed by atoms with E-state index in [1.807, 2.05) is 28.5 Å². The third-order valence-electron chi connectivity index (χ3n) is 5.76. The Bertz CT molecular complexity index is 1090. The molecule has 30 heavy (non-hydrogen) atoms. The van der Waals surface area contributed by atoms with Crippen LogP contribution in [0.1, 0.15) is 36.9 Å². The van der Waals surface area contributed by atoms with E-state index in [0.717, 1.165) is 25.8 Å². The molecular formula is C23H23FN4OS. The molecule has 0 bridgehead atoms. The van der Waals surface area contributed by atoms with Gasteiger partial charge in [0.15, 0.2) is 11.0 Å². The standard InChI is InChI=1S/C23H23FN4OS/c1-15(22(29)27-13-12-16-6-2-3-7-17(16)14-27)30-23-26-25-21(28(23)18-10-11-18)19-8-4-5-9-20(19)24/h2-9,15,18H,10-14H2,1H3/t15-/m1/s1. The normalized spacial score (nSPS) is 16.9. The van der Waals surface area contributed by atoms with E-state index in [0.29, 0.717) is 23.1 Å². The number of hydrogen-bond acceptors (Lipinski definition) is 4. The zero-order valence-electron chi connectivity index (χ0n) is 16.8. The molecule has 1 saturated carbocycles. The molecule has 0 saturated heterocycles. The fourth-order valence-corrected chi connectivity index (χ4v) is 5.00. The molecule has 1 aliphatic heterocycles. The van der Waals surface area contributed by atoms with Crippen LogP contribution < -0.4 is 0 Å². The Morgan fingerprint density at radius 1 is 1.10 bits per heavy atom. The molecule has 1 atom stereocenters. The lowest BCUT2D eigenvalue weighted by Crippen LogP contribution is -2.40. The van der Waals surface area contributed by atoms with Crippen LogP contribution in [0.15, 0.2) is 53.7 Å². The monoisotopic (exact) mass is 422 g/mol. The molecule has 5 rings (SSSR count). The molecule has 3 aromatic rings. The number of benzene rings is 2. The summed E-state index contributed by atoms with van der Waals surface area (Å²) in [6.45, 7) is 3.30. The van der Waals surface area contributed by atoms with E-state index in [2.05, 4.69) is 22.3 Å². The first-order valence-electron chi connectivity index (χ1n) is 10.3. The molecule has 1 amide bonds. The second kappa shape index (κ2) is 7.87. The molecule has 0 spiro atoms. The minimum Gasteiger partial charge on any atom is -0.337 e. The summed E-state index contributed by atoms with van der Waals surface area (Å²) in [6, 6.07) is 15.2. The molecule has 2 aliphatic rings. The largest absolute Gasteiger partial charge is 0.337 e. The number of aromatic nitrogens is 3. The van der Waals surface area contributed by atoms with Gasteiger partial charge in [-0.05, 0) is 49.4 Å². The maximum atomic E-state index is 14.4. The molecular weight excluding hydrogens is 399 g/mol. The Morgan fingerprint density at radius 3 is 2.60 bits per heavy atom. The fourth-order valence-electron chi connectivity index (χ4n) is 3.99. The Labute approximate surface area is 179 Å². The quantitative estimate of drug-likeness (QED) is 0.569. The predicted molar refractivity (Wildman–Crippen MR) is 115 cm³/mol. The van der Waals surface area contributed by atoms with E-state index < -0.39 is 0 Å². The number of rotatable bonds is 5. The van der Waals surface area contributed by atoms with Gasteiger partial charge in [-0.15, -0.1) is 10.2 Å². The number of fused-ring (bicyclic) bond motifs is 1. The summed E-state index contributed by atoms with van der Waals surface area (Å²) in [4.78, 5) is 15.1. The van der Waals surface area contributed by atoms with Crippen molar-refractivity contribution in [3.8, 4) is 11.4 Å². The van der Waals surface area contributed by atoms with Crippen LogP contribution >= 0.6 is 11.8 Å². The van der Waals surface area contributed by atoms with Crippen LogP contribution in [0.2, 0.25) is 0 Å². The van der Waals surface area contributed by atoms with Crippen molar-refractivity contribution in [1.82, 2.24) is 19.7 Å². The van der Waals surface area contributed by atoms with Crippen LogP contribution in [0.3, 0.4) is 0 Å². The van der Waals surface area contributed by atoms with Gasteiger partial charge in [0, 0.05) is 19.1 Å². The van der Waals surface area contributed by atoms with E-state index in [4.69, 9.17) is 0 Å². The van der Waals surface area contributed by atoms with Gasteiger partial charge in [-0.1, -0.05) is 48.2 Å². The van der Waals surface area contributed by atoms with E-state index in [1.165, 1.54) is 29.0 Å². The molecule has 5 nitrogen and oxygen atoms in total. The van der Waals surface area contributed by atoms with Crippen molar-refractivity contribution in [2.75, 3.05) is 6.54 Å². The molecule has 0 unspecified atom stereocenters. The highest BCUT2D eigenvalue weighted by Crippen LogP contribution is 2.42. The zero-order valence-corrected chi connectivity index (χ0v) is 17.6. The highest BCUT2D eigenvalue weighted by atomic mass is 32.2. The highest BCUT2D eigenvalue weighted by molar-refractivity contribution is 8.00. The Morgan fingerprint density at radius 2 is 1.83 bits per heavy atom. The average Bonchev–Trinajstić information content (AvgIpc) is 3.53. The second-order valence-electron chi connectivity index (χ2n) is 7.93. The summed E-state index contributed by atoms with van der Waals surface area (Å²) in [5, 5.41) is 9.03. The summed E-state index contributed by atoms with van der Waals surface area (Å²) >= 11 is 1.42. The Hall–Kier alpha value is -2.67. The van der Waals surface area contributed by atoms with Gasteiger partial charge >= 0.3 is 0 Å². The highest BCUT2D eigenvalue weighted by Gasteiger charge is 2.33. The number of thioether (sulfide) groups is 1. The average molecular weight is 423 g/mol. The fraction of sp³-hybridized carbons (Fsp3) is 0.348. The van der Waals surface area contributed by atoms with E-state index >= 15 is 0 Å². The summed E-state index contributed by atoms with van der Waals surface area (Å²) in [5.41, 5.74) is 3.00. The molecule has 2 aromatic carbocycles. The third kappa shape index (κ3) is 3.62. The first-order chi connectivity index (χ1) is 14.6. The van der Waals surface area contributed by atoms with Crippen molar-refractivity contribution in [1.29, 1.82) is 0 Å². The lowest BCUT2D eigenvalue weighted by Gasteiger charge is -2.30. The SMILES string of the molecule is C[C@@H](Sc1nnc(-c2ccccc2F)n1C1CC1)C(=O)N1CCc2ccccc2C1. The van der Waals surface area contributed by atoms with Gasteiger partial charge in [-0.2, -0.15) is 0 Å². The number of carbonyl (C=O) groups excluding carboxylic acids is 1. The molecule has 154 valence electrons. The summed E-state index contributed by atoms with van der Waals surface area (Å²) in [7, 11) is 0. The topological polar surface area (TPSA) is 51.0 Å². The van der Waals surface area contributed by atoms with Crippen molar-refractivity contribution < 1.29 is 9.18 Å². The van der Waals surface area contributed by atoms with Crippen LogP contribution in [0.5, 0.6) is 0 Å². The van der Waals surface area contributed by atoms with Crippen LogP contribution in [-0.4, -0.2) is 37.4 Å². The first kappa shape index (κ1) is 19.3. The minimum atomic E-state index is -0.306. The van der Waals surface area contributed by atoms with Gasteiger partial charge < -0.3 is 4.90 Å². The number of halogens is 1. The lowest BCUT2D eigenvalue weighted by atomic mass is 10.00. The maximum Gasteiger partial charge on any atom is 0.236 e. The number of nitrogens with zero attached hydrogens (tertiary/aromatic N) is 4. The van der Waals surface area contributed by atoms with Crippen LogP contribution in [0, 0.1) is 5.82 Å². The second-order valence-corrected chi connectivity index (χ2v) is 9.23. The zero-order chi connectivity index (χ0) is 20.7. The number of amides is 1. The molecule has 0 radical (unpaired) electrons. The van der Waals surface area contributed by atoms with Gasteiger partial charge in [-0.25, -0.2) is 4.39 Å². The minimum absolute atomic E-state index is 0.104. The lowest BCUT2D eigenvalue weighted by molar-refractivity contribution is -0.131. The van der Waals surface area contributed by atoms with E-state index in [1.54, 1.807) is 18.2 Å². The van der Waals surface area contributed by atoms with Crippen LogP contribution in [-0.2, 0) is 17.8 Å². The van der Waals surface area contributed by atoms with Gasteiger partial charge in [0.2, 0.25) is 5.91 Å². The van der Waals surface area contributed by atoms with Crippen molar-refractivity contribution in [3.05, 3.63) is 65.5 Å². The van der Waals surface area contributed by atoms with Crippen LogP contribution in [0.4, 0.5) is 4.39 Å². The summed E-state index contributed by atoms with van der Waals surface area (Å²) in [5.74, 6) is 0.344. The van der Waals surface area contributed by atoms with Gasteiger partial charge in [0.05, 0.1) is 10.8 Å². The first-order valence-corrected chi connectivity index (χ1v) is 11.2. The van der Waals surface area contributed by atoms with Crippen molar-refractivity contribution in [3.63, 3.8) is 0 Å². The molecule has 0 N–H and O–H groups in total. The Balaban J connectivity index is 1.36. The molecule has 1 aromatic heterocycles. The van der Waals surface area contributed by atoms with Crippen molar-refractivity contribution in [2.45, 2.75) is 49.2 Å². The maximum absolute atomic E-state index is 14.4.